The van der Waals surface area contributed by atoms with Gasteiger partial charge in [0.1, 0.15) is 0 Å². The zero-order valence-corrected chi connectivity index (χ0v) is 13.7. The van der Waals surface area contributed by atoms with Crippen LogP contribution in [0.25, 0.3) is 0 Å². The molecule has 1 aromatic carbocycles. The highest BCUT2D eigenvalue weighted by Crippen LogP contribution is 2.22. The molecule has 0 spiro atoms. The van der Waals surface area contributed by atoms with Crippen LogP contribution in [-0.2, 0) is 11.3 Å². The highest BCUT2D eigenvalue weighted by molar-refractivity contribution is 5.92. The monoisotopic (exact) mass is 304 g/mol. The number of ether oxygens (including phenoxy) is 1. The average Bonchev–Trinajstić information content (AvgIpc) is 3.04. The van der Waals surface area contributed by atoms with Crippen molar-refractivity contribution in [3.05, 3.63) is 29.8 Å². The lowest BCUT2D eigenvalue weighted by Gasteiger charge is -2.23. The first kappa shape index (κ1) is 16.8. The van der Waals surface area contributed by atoms with Crippen molar-refractivity contribution in [2.24, 2.45) is 10.7 Å². The van der Waals surface area contributed by atoms with Crippen LogP contribution in [0.1, 0.15) is 31.2 Å². The number of hydrogen-bond donors (Lipinski definition) is 2. The van der Waals surface area contributed by atoms with E-state index in [1.165, 1.54) is 25.7 Å². The summed E-state index contributed by atoms with van der Waals surface area (Å²) in [6, 6.07) is 8.70. The molecule has 0 bridgehead atoms. The number of nitrogens with two attached hydrogens (primary N) is 1. The minimum atomic E-state index is 0.461. The molecule has 1 aliphatic rings. The van der Waals surface area contributed by atoms with Gasteiger partial charge in [0.15, 0.2) is 5.96 Å². The molecule has 1 saturated carbocycles. The maximum absolute atomic E-state index is 5.99. The normalized spacial score (nSPS) is 16.4. The fourth-order valence-corrected chi connectivity index (χ4v) is 2.96. The fraction of sp³-hybridized carbons (Fsp3) is 0.588. The molecule has 0 amide bonds. The van der Waals surface area contributed by atoms with Crippen molar-refractivity contribution in [1.29, 1.82) is 0 Å². The lowest BCUT2D eigenvalue weighted by atomic mass is 10.2. The molecule has 0 unspecified atom stereocenters. The molecule has 0 atom stereocenters. The zero-order valence-electron chi connectivity index (χ0n) is 13.7. The first-order valence-corrected chi connectivity index (χ1v) is 8.04. The number of anilines is 1. The van der Waals surface area contributed by atoms with Crippen molar-refractivity contribution < 1.29 is 4.74 Å². The Kier molecular flexibility index (Phi) is 6.68. The Hall–Kier alpha value is -1.59. The average molecular weight is 304 g/mol. The van der Waals surface area contributed by atoms with Crippen LogP contribution in [0, 0.1) is 0 Å². The number of hydrogen-bond acceptors (Lipinski definition) is 3. The summed E-state index contributed by atoms with van der Waals surface area (Å²) in [6.45, 7) is 2.23. The molecule has 1 aliphatic carbocycles. The van der Waals surface area contributed by atoms with Crippen molar-refractivity contribution >= 4 is 11.6 Å². The lowest BCUT2D eigenvalue weighted by molar-refractivity contribution is 0.185. The maximum Gasteiger partial charge on any atom is 0.193 e. The minimum absolute atomic E-state index is 0.461. The van der Waals surface area contributed by atoms with E-state index in [0.29, 0.717) is 12.6 Å². The highest BCUT2D eigenvalue weighted by atomic mass is 16.5. The SMILES string of the molecule is COCc1ccccc1NC(N)=NCCN(C)C1CCCC1. The molecule has 22 heavy (non-hydrogen) atoms. The van der Waals surface area contributed by atoms with E-state index in [1.807, 2.05) is 24.3 Å². The Labute approximate surface area is 133 Å². The second kappa shape index (κ2) is 8.76. The Morgan fingerprint density at radius 2 is 2.09 bits per heavy atom. The van der Waals surface area contributed by atoms with Gasteiger partial charge in [-0.3, -0.25) is 4.99 Å². The lowest BCUT2D eigenvalue weighted by Crippen LogP contribution is -2.32. The van der Waals surface area contributed by atoms with Crippen LogP contribution < -0.4 is 11.1 Å². The Morgan fingerprint density at radius 1 is 1.36 bits per heavy atom. The summed E-state index contributed by atoms with van der Waals surface area (Å²) in [4.78, 5) is 6.84. The van der Waals surface area contributed by atoms with E-state index < -0.39 is 0 Å². The predicted octanol–water partition coefficient (Wildman–Crippen LogP) is 2.43. The maximum atomic E-state index is 5.99. The second-order valence-electron chi connectivity index (χ2n) is 5.90. The molecule has 0 saturated heterocycles. The summed E-state index contributed by atoms with van der Waals surface area (Å²) >= 11 is 0. The Balaban J connectivity index is 1.82. The third-order valence-corrected chi connectivity index (χ3v) is 4.26. The van der Waals surface area contributed by atoms with E-state index in [1.54, 1.807) is 7.11 Å². The van der Waals surface area contributed by atoms with Gasteiger partial charge in [-0.2, -0.15) is 0 Å². The standard InChI is InChI=1S/C17H28N4O/c1-21(15-8-4-5-9-15)12-11-19-17(18)20-16-10-6-3-7-14(16)13-22-2/h3,6-7,10,15H,4-5,8-9,11-13H2,1-2H3,(H3,18,19,20). The number of methoxy groups -OCH3 is 1. The van der Waals surface area contributed by atoms with Crippen LogP contribution in [0.5, 0.6) is 0 Å². The number of nitrogens with one attached hydrogen (secondary N) is 1. The van der Waals surface area contributed by atoms with Gasteiger partial charge in [-0.25, -0.2) is 0 Å². The van der Waals surface area contributed by atoms with Gasteiger partial charge in [0.2, 0.25) is 0 Å². The van der Waals surface area contributed by atoms with E-state index in [-0.39, 0.29) is 0 Å². The number of para-hydroxylation sites is 1. The third-order valence-electron chi connectivity index (χ3n) is 4.26. The van der Waals surface area contributed by atoms with Crippen LogP contribution in [0.3, 0.4) is 0 Å². The molecular formula is C17H28N4O. The molecule has 5 nitrogen and oxygen atoms in total. The van der Waals surface area contributed by atoms with Gasteiger partial charge in [0.25, 0.3) is 0 Å². The largest absolute Gasteiger partial charge is 0.380 e. The van der Waals surface area contributed by atoms with Gasteiger partial charge >= 0.3 is 0 Å². The van der Waals surface area contributed by atoms with E-state index in [4.69, 9.17) is 10.5 Å². The topological polar surface area (TPSA) is 62.9 Å². The molecule has 3 N–H and O–H groups in total. The number of benzene rings is 1. The van der Waals surface area contributed by atoms with Gasteiger partial charge in [-0.15, -0.1) is 0 Å². The molecule has 2 rings (SSSR count). The number of rotatable bonds is 7. The van der Waals surface area contributed by atoms with Gasteiger partial charge in [0, 0.05) is 30.9 Å². The van der Waals surface area contributed by atoms with Crippen molar-refractivity contribution in [2.75, 3.05) is 32.6 Å². The van der Waals surface area contributed by atoms with Gasteiger partial charge in [-0.05, 0) is 26.0 Å². The van der Waals surface area contributed by atoms with Crippen molar-refractivity contribution in [1.82, 2.24) is 4.90 Å². The van der Waals surface area contributed by atoms with Crippen molar-refractivity contribution in [2.45, 2.75) is 38.3 Å². The summed E-state index contributed by atoms with van der Waals surface area (Å²) in [5, 5.41) is 3.17. The van der Waals surface area contributed by atoms with Gasteiger partial charge < -0.3 is 20.7 Å². The van der Waals surface area contributed by atoms with Crippen LogP contribution >= 0.6 is 0 Å². The summed E-state index contributed by atoms with van der Waals surface area (Å²) in [7, 11) is 3.87. The third kappa shape index (κ3) is 5.00. The molecule has 1 aromatic rings. The first-order chi connectivity index (χ1) is 10.7. The second-order valence-corrected chi connectivity index (χ2v) is 5.90. The van der Waals surface area contributed by atoms with E-state index in [2.05, 4.69) is 22.3 Å². The predicted molar refractivity (Wildman–Crippen MR) is 92.2 cm³/mol. The molecule has 1 fully saturated rings. The van der Waals surface area contributed by atoms with E-state index in [0.717, 1.165) is 30.4 Å². The number of nitrogens with zero attached hydrogens (tertiary/aromatic N) is 2. The first-order valence-electron chi connectivity index (χ1n) is 8.04. The summed E-state index contributed by atoms with van der Waals surface area (Å²) in [5.74, 6) is 0.461. The molecule has 0 radical (unpaired) electrons. The summed E-state index contributed by atoms with van der Waals surface area (Å²) < 4.78 is 5.19. The Morgan fingerprint density at radius 3 is 2.82 bits per heavy atom. The molecular weight excluding hydrogens is 276 g/mol. The molecule has 5 heteroatoms. The number of likely N-dealkylation sites (N-methyl/N-ethyl adjacent to an activating group) is 1. The highest BCUT2D eigenvalue weighted by Gasteiger charge is 2.18. The molecule has 0 aromatic heterocycles. The number of guanidine groups is 1. The smallest absolute Gasteiger partial charge is 0.193 e. The van der Waals surface area contributed by atoms with Crippen molar-refractivity contribution in [3.8, 4) is 0 Å². The van der Waals surface area contributed by atoms with E-state index in [9.17, 15) is 0 Å². The molecule has 0 aliphatic heterocycles. The van der Waals surface area contributed by atoms with Crippen LogP contribution in [0.2, 0.25) is 0 Å². The van der Waals surface area contributed by atoms with Gasteiger partial charge in [0.05, 0.1) is 13.2 Å². The summed E-state index contributed by atoms with van der Waals surface area (Å²) in [6.07, 6.45) is 5.35. The van der Waals surface area contributed by atoms with Crippen LogP contribution in [-0.4, -0.2) is 44.1 Å². The minimum Gasteiger partial charge on any atom is -0.380 e. The molecule has 122 valence electrons. The Bertz CT molecular complexity index is 483. The molecule has 0 heterocycles. The van der Waals surface area contributed by atoms with Gasteiger partial charge in [-0.1, -0.05) is 31.0 Å². The summed E-state index contributed by atoms with van der Waals surface area (Å²) in [5.41, 5.74) is 8.02. The van der Waals surface area contributed by atoms with Crippen LogP contribution in [0.15, 0.2) is 29.3 Å². The number of aliphatic imine (C=N–C) groups is 1. The zero-order chi connectivity index (χ0) is 15.8. The fourth-order valence-electron chi connectivity index (χ4n) is 2.96. The van der Waals surface area contributed by atoms with E-state index >= 15 is 0 Å². The van der Waals surface area contributed by atoms with Crippen molar-refractivity contribution in [3.63, 3.8) is 0 Å². The van der Waals surface area contributed by atoms with Crippen LogP contribution in [0.4, 0.5) is 5.69 Å². The quantitative estimate of drug-likeness (QED) is 0.600.